The maximum absolute atomic E-state index is 6.88. The molecule has 0 amide bonds. The van der Waals surface area contributed by atoms with Gasteiger partial charge in [0, 0.05) is 55.3 Å². The van der Waals surface area contributed by atoms with E-state index in [1.54, 1.807) is 0 Å². The highest BCUT2D eigenvalue weighted by atomic mass is 16.3. The number of benzene rings is 9. The molecular formula is C54H36N2O. The van der Waals surface area contributed by atoms with Crippen molar-refractivity contribution in [1.82, 2.24) is 4.57 Å². The fraction of sp³-hybridized carbons (Fsp3) is 0. The summed E-state index contributed by atoms with van der Waals surface area (Å²) in [6.45, 7) is 0. The van der Waals surface area contributed by atoms with Crippen LogP contribution in [0.15, 0.2) is 223 Å². The average Bonchev–Trinajstić information content (AvgIpc) is 3.84. The molecule has 0 saturated carbocycles. The van der Waals surface area contributed by atoms with Crippen molar-refractivity contribution >= 4 is 60.8 Å². The maximum atomic E-state index is 6.88. The van der Waals surface area contributed by atoms with Crippen LogP contribution in [0.1, 0.15) is 0 Å². The third-order valence-corrected chi connectivity index (χ3v) is 11.2. The fourth-order valence-corrected chi connectivity index (χ4v) is 8.61. The molecule has 0 spiro atoms. The summed E-state index contributed by atoms with van der Waals surface area (Å²) >= 11 is 0. The number of furan rings is 1. The quantitative estimate of drug-likeness (QED) is 0.163. The smallest absolute Gasteiger partial charge is 0.143 e. The molecule has 2 aromatic heterocycles. The largest absolute Gasteiger partial charge is 0.455 e. The molecule has 3 nitrogen and oxygen atoms in total. The van der Waals surface area contributed by atoms with Gasteiger partial charge in [-0.3, -0.25) is 0 Å². The SMILES string of the molecule is c1ccc(-c2ccc(N(c3ccc4oc5c(-c6cccc7c8ccccc8n(-c8ccccc8)c67)cccc5c4c3)c3ccccc3-c3ccccc3)cc2)cc1. The van der Waals surface area contributed by atoms with Gasteiger partial charge in [-0.25, -0.2) is 0 Å². The van der Waals surface area contributed by atoms with Crippen LogP contribution in [-0.4, -0.2) is 4.57 Å². The number of anilines is 3. The van der Waals surface area contributed by atoms with Crippen LogP contribution >= 0.6 is 0 Å². The van der Waals surface area contributed by atoms with Crippen molar-refractivity contribution in [2.75, 3.05) is 4.90 Å². The van der Waals surface area contributed by atoms with Crippen molar-refractivity contribution in [1.29, 1.82) is 0 Å². The van der Waals surface area contributed by atoms with E-state index in [4.69, 9.17) is 4.42 Å². The highest BCUT2D eigenvalue weighted by Crippen LogP contribution is 2.45. The first-order chi connectivity index (χ1) is 28.3. The summed E-state index contributed by atoms with van der Waals surface area (Å²) < 4.78 is 9.28. The molecule has 0 aliphatic rings. The van der Waals surface area contributed by atoms with Crippen LogP contribution in [0.4, 0.5) is 17.1 Å². The van der Waals surface area contributed by atoms with Crippen molar-refractivity contribution in [3.63, 3.8) is 0 Å². The van der Waals surface area contributed by atoms with Gasteiger partial charge < -0.3 is 13.9 Å². The van der Waals surface area contributed by atoms with Crippen molar-refractivity contribution in [2.24, 2.45) is 0 Å². The molecule has 0 aliphatic carbocycles. The third-order valence-electron chi connectivity index (χ3n) is 11.2. The van der Waals surface area contributed by atoms with E-state index in [2.05, 4.69) is 228 Å². The Labute approximate surface area is 330 Å². The van der Waals surface area contributed by atoms with Crippen molar-refractivity contribution in [2.45, 2.75) is 0 Å². The predicted octanol–water partition coefficient (Wildman–Crippen LogP) is 15.2. The molecule has 0 atom stereocenters. The average molecular weight is 729 g/mol. The molecule has 0 radical (unpaired) electrons. The standard InChI is InChI=1S/C54H36N2O/c1-4-16-37(17-5-1)38-30-32-41(33-31-38)55(50-28-12-10-22-43(50)39-18-6-2-7-19-39)42-34-35-52-49(36-42)48-27-15-26-47(54(48)57-52)46-25-14-24-45-44-23-11-13-29-51(44)56(53(45)46)40-20-8-3-9-21-40/h1-36H. The van der Waals surface area contributed by atoms with Crippen molar-refractivity contribution in [3.05, 3.63) is 218 Å². The molecule has 268 valence electrons. The minimum Gasteiger partial charge on any atom is -0.455 e. The zero-order valence-electron chi connectivity index (χ0n) is 31.1. The second-order valence-corrected chi connectivity index (χ2v) is 14.5. The van der Waals surface area contributed by atoms with Gasteiger partial charge in [0.2, 0.25) is 0 Å². The number of hydrogen-bond acceptors (Lipinski definition) is 2. The Balaban J connectivity index is 1.11. The van der Waals surface area contributed by atoms with Gasteiger partial charge in [0.1, 0.15) is 11.2 Å². The van der Waals surface area contributed by atoms with Crippen LogP contribution < -0.4 is 4.90 Å². The number of para-hydroxylation sites is 5. The Morgan fingerprint density at radius 2 is 0.947 bits per heavy atom. The molecule has 0 N–H and O–H groups in total. The highest BCUT2D eigenvalue weighted by molar-refractivity contribution is 6.17. The number of rotatable bonds is 7. The summed E-state index contributed by atoms with van der Waals surface area (Å²) in [5, 5.41) is 4.60. The molecule has 0 fully saturated rings. The van der Waals surface area contributed by atoms with E-state index in [1.807, 2.05) is 0 Å². The summed E-state index contributed by atoms with van der Waals surface area (Å²) in [4.78, 5) is 2.37. The summed E-state index contributed by atoms with van der Waals surface area (Å²) in [6.07, 6.45) is 0. The van der Waals surface area contributed by atoms with Gasteiger partial charge in [-0.05, 0) is 71.3 Å². The Bertz CT molecular complexity index is 3220. The van der Waals surface area contributed by atoms with Gasteiger partial charge in [-0.15, -0.1) is 0 Å². The van der Waals surface area contributed by atoms with Crippen LogP contribution in [0.5, 0.6) is 0 Å². The lowest BCUT2D eigenvalue weighted by Gasteiger charge is -2.28. The van der Waals surface area contributed by atoms with E-state index < -0.39 is 0 Å². The Kier molecular flexibility index (Phi) is 7.82. The molecule has 9 aromatic carbocycles. The molecular weight excluding hydrogens is 693 g/mol. The summed E-state index contributed by atoms with van der Waals surface area (Å²) in [5.41, 5.74) is 15.3. The van der Waals surface area contributed by atoms with Gasteiger partial charge in [-0.1, -0.05) is 164 Å². The van der Waals surface area contributed by atoms with E-state index in [0.29, 0.717) is 0 Å². The molecule has 2 heterocycles. The monoisotopic (exact) mass is 728 g/mol. The first-order valence-corrected chi connectivity index (χ1v) is 19.4. The minimum atomic E-state index is 0.854. The summed E-state index contributed by atoms with van der Waals surface area (Å²) in [6, 6.07) is 77.9. The first kappa shape index (κ1) is 32.8. The van der Waals surface area contributed by atoms with Gasteiger partial charge in [0.15, 0.2) is 0 Å². The molecule has 0 aliphatic heterocycles. The van der Waals surface area contributed by atoms with Crippen LogP contribution in [0, 0.1) is 0 Å². The molecule has 0 bridgehead atoms. The molecule has 0 saturated heterocycles. The lowest BCUT2D eigenvalue weighted by molar-refractivity contribution is 0.670. The molecule has 57 heavy (non-hydrogen) atoms. The normalized spacial score (nSPS) is 11.5. The van der Waals surface area contributed by atoms with Gasteiger partial charge in [-0.2, -0.15) is 0 Å². The lowest BCUT2D eigenvalue weighted by atomic mass is 9.99. The molecule has 11 aromatic rings. The molecule has 11 rings (SSSR count). The topological polar surface area (TPSA) is 21.3 Å². The fourth-order valence-electron chi connectivity index (χ4n) is 8.61. The Morgan fingerprint density at radius 3 is 1.74 bits per heavy atom. The van der Waals surface area contributed by atoms with Crippen LogP contribution in [0.25, 0.3) is 82.8 Å². The van der Waals surface area contributed by atoms with Crippen LogP contribution in [0.2, 0.25) is 0 Å². The van der Waals surface area contributed by atoms with E-state index in [1.165, 1.54) is 38.5 Å². The number of fused-ring (bicyclic) bond motifs is 6. The Hall–Kier alpha value is -7.62. The van der Waals surface area contributed by atoms with Crippen LogP contribution in [0.3, 0.4) is 0 Å². The highest BCUT2D eigenvalue weighted by Gasteiger charge is 2.22. The second-order valence-electron chi connectivity index (χ2n) is 14.5. The first-order valence-electron chi connectivity index (χ1n) is 19.4. The van der Waals surface area contributed by atoms with Crippen LogP contribution in [-0.2, 0) is 0 Å². The van der Waals surface area contributed by atoms with Crippen molar-refractivity contribution in [3.8, 4) is 39.1 Å². The number of aromatic nitrogens is 1. The van der Waals surface area contributed by atoms with E-state index in [9.17, 15) is 0 Å². The predicted molar refractivity (Wildman–Crippen MR) is 239 cm³/mol. The Morgan fingerprint density at radius 1 is 0.368 bits per heavy atom. The minimum absolute atomic E-state index is 0.854. The summed E-state index contributed by atoms with van der Waals surface area (Å²) in [7, 11) is 0. The third kappa shape index (κ3) is 5.51. The van der Waals surface area contributed by atoms with Gasteiger partial charge in [0.25, 0.3) is 0 Å². The van der Waals surface area contributed by atoms with E-state index >= 15 is 0 Å². The zero-order valence-corrected chi connectivity index (χ0v) is 31.1. The lowest BCUT2D eigenvalue weighted by Crippen LogP contribution is -2.11. The summed E-state index contributed by atoms with van der Waals surface area (Å²) in [5.74, 6) is 0. The molecule has 3 heteroatoms. The maximum Gasteiger partial charge on any atom is 0.143 e. The van der Waals surface area contributed by atoms with Gasteiger partial charge in [0.05, 0.1) is 16.7 Å². The van der Waals surface area contributed by atoms with Crippen molar-refractivity contribution < 1.29 is 4.42 Å². The van der Waals surface area contributed by atoms with Gasteiger partial charge >= 0.3 is 0 Å². The van der Waals surface area contributed by atoms with E-state index in [-0.39, 0.29) is 0 Å². The zero-order chi connectivity index (χ0) is 37.7. The number of nitrogens with zero attached hydrogens (tertiary/aromatic N) is 2. The molecule has 0 unspecified atom stereocenters. The van der Waals surface area contributed by atoms with E-state index in [0.717, 1.165) is 61.4 Å². The second kappa shape index (κ2) is 13.6. The number of hydrogen-bond donors (Lipinski definition) is 0.